The molecule has 4 heteroatoms. The topological polar surface area (TPSA) is 38.5 Å². The summed E-state index contributed by atoms with van der Waals surface area (Å²) in [5, 5.41) is 0.854. The largest absolute Gasteiger partial charge is 0.381 e. The van der Waals surface area contributed by atoms with Crippen molar-refractivity contribution in [2.24, 2.45) is 5.73 Å². The molecule has 2 N–H and O–H groups in total. The standard InChI is InChI=1S/C14H28N2OS/c1-18-13-4-2-8-16(9-5-13)14(12-15)6-3-10-17-11-7-14/h13H,2-12,15H2,1H3. The Balaban J connectivity index is 2.01. The number of thioether (sulfide) groups is 1. The van der Waals surface area contributed by atoms with Gasteiger partial charge in [-0.25, -0.2) is 0 Å². The third-order valence-corrected chi connectivity index (χ3v) is 5.84. The van der Waals surface area contributed by atoms with Gasteiger partial charge in [0.05, 0.1) is 0 Å². The molecule has 2 saturated heterocycles. The van der Waals surface area contributed by atoms with Crippen molar-refractivity contribution in [1.82, 2.24) is 4.90 Å². The minimum Gasteiger partial charge on any atom is -0.381 e. The molecule has 2 fully saturated rings. The van der Waals surface area contributed by atoms with Gasteiger partial charge in [-0.05, 0) is 57.9 Å². The van der Waals surface area contributed by atoms with E-state index in [1.165, 1.54) is 45.2 Å². The van der Waals surface area contributed by atoms with Crippen molar-refractivity contribution in [1.29, 1.82) is 0 Å². The van der Waals surface area contributed by atoms with Gasteiger partial charge in [0.25, 0.3) is 0 Å². The lowest BCUT2D eigenvalue weighted by atomic mass is 9.88. The van der Waals surface area contributed by atoms with Crippen molar-refractivity contribution in [3.05, 3.63) is 0 Å². The average molecular weight is 272 g/mol. The van der Waals surface area contributed by atoms with Crippen molar-refractivity contribution < 1.29 is 4.74 Å². The van der Waals surface area contributed by atoms with Crippen LogP contribution in [0.2, 0.25) is 0 Å². The summed E-state index contributed by atoms with van der Waals surface area (Å²) in [6, 6.07) is 0. The van der Waals surface area contributed by atoms with Crippen LogP contribution in [0.5, 0.6) is 0 Å². The van der Waals surface area contributed by atoms with Crippen LogP contribution in [0.3, 0.4) is 0 Å². The molecule has 0 aromatic rings. The summed E-state index contributed by atoms with van der Waals surface area (Å²) in [5.41, 5.74) is 6.38. The van der Waals surface area contributed by atoms with Gasteiger partial charge in [0.1, 0.15) is 0 Å². The molecule has 0 saturated carbocycles. The summed E-state index contributed by atoms with van der Waals surface area (Å²) in [6.07, 6.45) is 9.77. The lowest BCUT2D eigenvalue weighted by molar-refractivity contribution is 0.0700. The normalized spacial score (nSPS) is 36.0. The van der Waals surface area contributed by atoms with E-state index < -0.39 is 0 Å². The smallest absolute Gasteiger partial charge is 0.0484 e. The van der Waals surface area contributed by atoms with Gasteiger partial charge in [0, 0.05) is 30.5 Å². The molecule has 2 heterocycles. The summed E-state index contributed by atoms with van der Waals surface area (Å²) >= 11 is 2.04. The zero-order valence-corrected chi connectivity index (χ0v) is 12.5. The van der Waals surface area contributed by atoms with Crippen molar-refractivity contribution in [2.75, 3.05) is 39.1 Å². The van der Waals surface area contributed by atoms with Crippen LogP contribution < -0.4 is 5.73 Å². The van der Waals surface area contributed by atoms with Gasteiger partial charge in [0.2, 0.25) is 0 Å². The highest BCUT2D eigenvalue weighted by Crippen LogP contribution is 2.31. The van der Waals surface area contributed by atoms with Crippen molar-refractivity contribution >= 4 is 11.8 Å². The van der Waals surface area contributed by atoms with E-state index in [1.807, 2.05) is 11.8 Å². The van der Waals surface area contributed by atoms with E-state index in [4.69, 9.17) is 10.5 Å². The molecular weight excluding hydrogens is 244 g/mol. The first-order valence-electron chi connectivity index (χ1n) is 7.36. The fraction of sp³-hybridized carbons (Fsp3) is 1.00. The molecule has 2 aliphatic heterocycles. The Morgan fingerprint density at radius 1 is 1.22 bits per heavy atom. The van der Waals surface area contributed by atoms with Gasteiger partial charge >= 0.3 is 0 Å². The Labute approximate surface area is 116 Å². The van der Waals surface area contributed by atoms with E-state index in [0.29, 0.717) is 0 Å². The molecule has 0 amide bonds. The SMILES string of the molecule is CSC1CCCN(C2(CN)CCCOCC2)CC1. The molecule has 2 rings (SSSR count). The molecule has 2 aliphatic rings. The van der Waals surface area contributed by atoms with Gasteiger partial charge in [-0.1, -0.05) is 0 Å². The summed E-state index contributed by atoms with van der Waals surface area (Å²) in [5.74, 6) is 0. The third kappa shape index (κ3) is 3.41. The van der Waals surface area contributed by atoms with E-state index in [-0.39, 0.29) is 5.54 Å². The van der Waals surface area contributed by atoms with E-state index in [1.54, 1.807) is 0 Å². The number of hydrogen-bond acceptors (Lipinski definition) is 4. The predicted molar refractivity (Wildman–Crippen MR) is 79.2 cm³/mol. The number of likely N-dealkylation sites (tertiary alicyclic amines) is 1. The maximum atomic E-state index is 6.15. The molecule has 0 aromatic carbocycles. The fourth-order valence-corrected chi connectivity index (χ4v) is 4.16. The highest BCUT2D eigenvalue weighted by atomic mass is 32.2. The minimum absolute atomic E-state index is 0.226. The van der Waals surface area contributed by atoms with Crippen molar-refractivity contribution in [2.45, 2.75) is 49.3 Å². The number of hydrogen-bond donors (Lipinski definition) is 1. The molecule has 0 radical (unpaired) electrons. The summed E-state index contributed by atoms with van der Waals surface area (Å²) < 4.78 is 5.63. The highest BCUT2D eigenvalue weighted by molar-refractivity contribution is 7.99. The van der Waals surface area contributed by atoms with Crippen LogP contribution >= 0.6 is 11.8 Å². The maximum absolute atomic E-state index is 6.15. The van der Waals surface area contributed by atoms with Crippen molar-refractivity contribution in [3.63, 3.8) is 0 Å². The van der Waals surface area contributed by atoms with E-state index in [2.05, 4.69) is 11.2 Å². The monoisotopic (exact) mass is 272 g/mol. The lowest BCUT2D eigenvalue weighted by Gasteiger charge is -2.42. The highest BCUT2D eigenvalue weighted by Gasteiger charge is 2.36. The molecule has 2 atom stereocenters. The second-order valence-corrected chi connectivity index (χ2v) is 6.81. The van der Waals surface area contributed by atoms with E-state index in [0.717, 1.165) is 31.4 Å². The lowest BCUT2D eigenvalue weighted by Crippen LogP contribution is -2.54. The molecule has 3 nitrogen and oxygen atoms in total. The molecule has 2 unspecified atom stereocenters. The number of nitrogens with zero attached hydrogens (tertiary/aromatic N) is 1. The third-order valence-electron chi connectivity index (χ3n) is 4.70. The first-order chi connectivity index (χ1) is 8.80. The number of rotatable bonds is 3. The Morgan fingerprint density at radius 3 is 2.89 bits per heavy atom. The van der Waals surface area contributed by atoms with Gasteiger partial charge in [-0.15, -0.1) is 0 Å². The molecule has 18 heavy (non-hydrogen) atoms. The molecule has 0 aliphatic carbocycles. The second-order valence-electron chi connectivity index (χ2n) is 5.67. The fourth-order valence-electron chi connectivity index (χ4n) is 3.42. The average Bonchev–Trinajstić information content (AvgIpc) is 2.79. The first kappa shape index (κ1) is 14.6. The molecular formula is C14H28N2OS. The molecule has 106 valence electrons. The van der Waals surface area contributed by atoms with E-state index in [9.17, 15) is 0 Å². The summed E-state index contributed by atoms with van der Waals surface area (Å²) in [7, 11) is 0. The van der Waals surface area contributed by atoms with Crippen LogP contribution in [0, 0.1) is 0 Å². The summed E-state index contributed by atoms with van der Waals surface area (Å²) in [6.45, 7) is 5.06. The minimum atomic E-state index is 0.226. The van der Waals surface area contributed by atoms with Crippen LogP contribution in [-0.2, 0) is 4.74 Å². The predicted octanol–water partition coefficient (Wildman–Crippen LogP) is 2.10. The Morgan fingerprint density at radius 2 is 2.11 bits per heavy atom. The zero-order chi connectivity index (χ0) is 12.8. The zero-order valence-electron chi connectivity index (χ0n) is 11.7. The quantitative estimate of drug-likeness (QED) is 0.854. The number of nitrogens with two attached hydrogens (primary N) is 1. The summed E-state index contributed by atoms with van der Waals surface area (Å²) in [4.78, 5) is 2.69. The van der Waals surface area contributed by atoms with Gasteiger partial charge in [-0.3, -0.25) is 4.90 Å². The van der Waals surface area contributed by atoms with Crippen LogP contribution in [-0.4, -0.2) is 54.8 Å². The Bertz CT molecular complexity index is 242. The second kappa shape index (κ2) is 7.13. The molecule has 0 spiro atoms. The number of ether oxygens (including phenoxy) is 1. The van der Waals surface area contributed by atoms with E-state index >= 15 is 0 Å². The van der Waals surface area contributed by atoms with Crippen LogP contribution in [0.25, 0.3) is 0 Å². The first-order valence-corrected chi connectivity index (χ1v) is 8.65. The Kier molecular flexibility index (Phi) is 5.80. The Hall–Kier alpha value is 0.230. The van der Waals surface area contributed by atoms with Gasteiger partial charge in [0.15, 0.2) is 0 Å². The van der Waals surface area contributed by atoms with Gasteiger partial charge < -0.3 is 10.5 Å². The van der Waals surface area contributed by atoms with Crippen LogP contribution in [0.1, 0.15) is 38.5 Å². The maximum Gasteiger partial charge on any atom is 0.0484 e. The molecule has 0 bridgehead atoms. The van der Waals surface area contributed by atoms with Gasteiger partial charge in [-0.2, -0.15) is 11.8 Å². The molecule has 0 aromatic heterocycles. The van der Waals surface area contributed by atoms with Crippen LogP contribution in [0.4, 0.5) is 0 Å². The van der Waals surface area contributed by atoms with Crippen LogP contribution in [0.15, 0.2) is 0 Å². The van der Waals surface area contributed by atoms with Crippen molar-refractivity contribution in [3.8, 4) is 0 Å².